The Bertz CT molecular complexity index is 594. The highest BCUT2D eigenvalue weighted by Crippen LogP contribution is 2.18. The lowest BCUT2D eigenvalue weighted by atomic mass is 10.2. The first-order valence-corrected chi connectivity index (χ1v) is 6.87. The number of halogens is 1. The SMILES string of the molecule is Nc1ccc(F)c(NC(=O)CCSc2cnccn2)c1. The Morgan fingerprint density at radius 1 is 1.40 bits per heavy atom. The van der Waals surface area contributed by atoms with Gasteiger partial charge in [-0.15, -0.1) is 11.8 Å². The molecule has 0 saturated heterocycles. The fraction of sp³-hybridized carbons (Fsp3) is 0.154. The van der Waals surface area contributed by atoms with Crippen LogP contribution < -0.4 is 11.1 Å². The van der Waals surface area contributed by atoms with Crippen molar-refractivity contribution in [3.63, 3.8) is 0 Å². The predicted octanol–water partition coefficient (Wildman–Crippen LogP) is 2.32. The summed E-state index contributed by atoms with van der Waals surface area (Å²) >= 11 is 1.41. The molecular formula is C13H13FN4OS. The van der Waals surface area contributed by atoms with Gasteiger partial charge in [0.1, 0.15) is 10.8 Å². The zero-order chi connectivity index (χ0) is 14.4. The van der Waals surface area contributed by atoms with E-state index in [1.165, 1.54) is 30.0 Å². The minimum atomic E-state index is -0.505. The molecule has 1 aromatic heterocycles. The Morgan fingerprint density at radius 2 is 2.25 bits per heavy atom. The van der Waals surface area contributed by atoms with E-state index in [1.54, 1.807) is 18.6 Å². The first kappa shape index (κ1) is 14.3. The molecule has 0 saturated carbocycles. The number of amides is 1. The van der Waals surface area contributed by atoms with Crippen LogP contribution in [0.15, 0.2) is 41.8 Å². The van der Waals surface area contributed by atoms with Crippen molar-refractivity contribution in [3.05, 3.63) is 42.6 Å². The molecule has 0 spiro atoms. The number of carbonyl (C=O) groups is 1. The number of hydrogen-bond donors (Lipinski definition) is 2. The van der Waals surface area contributed by atoms with Crippen LogP contribution in [0.5, 0.6) is 0 Å². The minimum Gasteiger partial charge on any atom is -0.399 e. The van der Waals surface area contributed by atoms with E-state index >= 15 is 0 Å². The standard InChI is InChI=1S/C13H13FN4OS/c14-10-2-1-9(15)7-11(10)18-12(19)3-6-20-13-8-16-4-5-17-13/h1-2,4-5,7-8H,3,6,15H2,(H,18,19). The summed E-state index contributed by atoms with van der Waals surface area (Å²) in [5.41, 5.74) is 6.04. The summed E-state index contributed by atoms with van der Waals surface area (Å²) in [5.74, 6) is -0.242. The summed E-state index contributed by atoms with van der Waals surface area (Å²) in [6, 6.07) is 4.05. The van der Waals surface area contributed by atoms with Crippen molar-refractivity contribution in [3.8, 4) is 0 Å². The first-order chi connectivity index (χ1) is 9.65. The van der Waals surface area contributed by atoms with Crippen molar-refractivity contribution in [2.75, 3.05) is 16.8 Å². The van der Waals surface area contributed by atoms with Gasteiger partial charge in [-0.2, -0.15) is 0 Å². The molecule has 0 fully saturated rings. The van der Waals surface area contributed by atoms with Crippen molar-refractivity contribution in [2.45, 2.75) is 11.4 Å². The number of nitrogens with two attached hydrogens (primary N) is 1. The van der Waals surface area contributed by atoms with Gasteiger partial charge >= 0.3 is 0 Å². The lowest BCUT2D eigenvalue weighted by Gasteiger charge is -2.07. The van der Waals surface area contributed by atoms with Crippen LogP contribution in [-0.2, 0) is 4.79 Å². The van der Waals surface area contributed by atoms with E-state index in [0.717, 1.165) is 5.03 Å². The maximum Gasteiger partial charge on any atom is 0.225 e. The Labute approximate surface area is 119 Å². The Balaban J connectivity index is 1.82. The van der Waals surface area contributed by atoms with Crippen LogP contribution in [0, 0.1) is 5.82 Å². The van der Waals surface area contributed by atoms with Crippen molar-refractivity contribution in [2.24, 2.45) is 0 Å². The molecule has 0 bridgehead atoms. The number of nitrogens with one attached hydrogen (secondary N) is 1. The highest BCUT2D eigenvalue weighted by atomic mass is 32.2. The predicted molar refractivity (Wildman–Crippen MR) is 76.8 cm³/mol. The smallest absolute Gasteiger partial charge is 0.225 e. The van der Waals surface area contributed by atoms with Gasteiger partial charge in [0.15, 0.2) is 0 Å². The van der Waals surface area contributed by atoms with Gasteiger partial charge in [-0.25, -0.2) is 9.37 Å². The van der Waals surface area contributed by atoms with E-state index in [9.17, 15) is 9.18 Å². The van der Waals surface area contributed by atoms with Crippen molar-refractivity contribution in [1.29, 1.82) is 0 Å². The minimum absolute atomic E-state index is 0.0968. The van der Waals surface area contributed by atoms with E-state index in [2.05, 4.69) is 15.3 Å². The molecule has 0 radical (unpaired) electrons. The van der Waals surface area contributed by atoms with E-state index in [-0.39, 0.29) is 18.0 Å². The fourth-order valence-electron chi connectivity index (χ4n) is 1.46. The molecular weight excluding hydrogens is 279 g/mol. The zero-order valence-corrected chi connectivity index (χ0v) is 11.4. The molecule has 0 aliphatic carbocycles. The number of hydrogen-bond acceptors (Lipinski definition) is 5. The third-order valence-corrected chi connectivity index (χ3v) is 3.30. The Kier molecular flexibility index (Phi) is 4.89. The number of anilines is 2. The molecule has 5 nitrogen and oxygen atoms in total. The molecule has 3 N–H and O–H groups in total. The normalized spacial score (nSPS) is 10.2. The van der Waals surface area contributed by atoms with Gasteiger partial charge in [0.05, 0.1) is 11.9 Å². The van der Waals surface area contributed by atoms with Crippen LogP contribution in [0.2, 0.25) is 0 Å². The summed E-state index contributed by atoms with van der Waals surface area (Å²) < 4.78 is 13.4. The summed E-state index contributed by atoms with van der Waals surface area (Å²) in [6.45, 7) is 0. The number of aromatic nitrogens is 2. The number of nitrogen functional groups attached to an aromatic ring is 1. The molecule has 104 valence electrons. The average molecular weight is 292 g/mol. The lowest BCUT2D eigenvalue weighted by molar-refractivity contribution is -0.115. The topological polar surface area (TPSA) is 80.9 Å². The van der Waals surface area contributed by atoms with E-state index in [4.69, 9.17) is 5.73 Å². The Hall–Kier alpha value is -2.15. The highest BCUT2D eigenvalue weighted by molar-refractivity contribution is 7.99. The van der Waals surface area contributed by atoms with Crippen LogP contribution in [0.3, 0.4) is 0 Å². The highest BCUT2D eigenvalue weighted by Gasteiger charge is 2.07. The van der Waals surface area contributed by atoms with E-state index in [0.29, 0.717) is 11.4 Å². The van der Waals surface area contributed by atoms with E-state index in [1.807, 2.05) is 0 Å². The van der Waals surface area contributed by atoms with Crippen LogP contribution >= 0.6 is 11.8 Å². The van der Waals surface area contributed by atoms with Crippen LogP contribution in [0.25, 0.3) is 0 Å². The van der Waals surface area contributed by atoms with Gasteiger partial charge < -0.3 is 11.1 Å². The number of rotatable bonds is 5. The molecule has 20 heavy (non-hydrogen) atoms. The average Bonchev–Trinajstić information content (AvgIpc) is 2.44. The molecule has 1 amide bonds. The van der Waals surface area contributed by atoms with Crippen LogP contribution in [0.1, 0.15) is 6.42 Å². The number of nitrogens with zero attached hydrogens (tertiary/aromatic N) is 2. The van der Waals surface area contributed by atoms with Gasteiger partial charge in [-0.1, -0.05) is 0 Å². The van der Waals surface area contributed by atoms with Gasteiger partial charge in [-0.3, -0.25) is 9.78 Å². The molecule has 0 aliphatic heterocycles. The molecule has 1 aromatic carbocycles. The summed E-state index contributed by atoms with van der Waals surface area (Å²) in [4.78, 5) is 19.7. The molecule has 0 unspecified atom stereocenters. The van der Waals surface area contributed by atoms with Crippen molar-refractivity contribution in [1.82, 2.24) is 9.97 Å². The second kappa shape index (κ2) is 6.85. The summed E-state index contributed by atoms with van der Waals surface area (Å²) in [5, 5.41) is 3.24. The largest absolute Gasteiger partial charge is 0.399 e. The second-order valence-electron chi connectivity index (χ2n) is 3.93. The van der Waals surface area contributed by atoms with Gasteiger partial charge in [0, 0.05) is 30.3 Å². The maximum absolute atomic E-state index is 13.4. The van der Waals surface area contributed by atoms with Gasteiger partial charge in [-0.05, 0) is 18.2 Å². The lowest BCUT2D eigenvalue weighted by Crippen LogP contribution is -2.13. The maximum atomic E-state index is 13.4. The summed E-state index contributed by atoms with van der Waals surface area (Å²) in [6.07, 6.45) is 5.04. The number of benzene rings is 1. The molecule has 7 heteroatoms. The van der Waals surface area contributed by atoms with Crippen LogP contribution in [0.4, 0.5) is 15.8 Å². The summed E-state index contributed by atoms with van der Waals surface area (Å²) in [7, 11) is 0. The van der Waals surface area contributed by atoms with Crippen molar-refractivity contribution < 1.29 is 9.18 Å². The molecule has 2 rings (SSSR count). The molecule has 0 aliphatic rings. The molecule has 2 aromatic rings. The van der Waals surface area contributed by atoms with E-state index < -0.39 is 5.82 Å². The number of carbonyl (C=O) groups excluding carboxylic acids is 1. The zero-order valence-electron chi connectivity index (χ0n) is 10.5. The fourth-order valence-corrected chi connectivity index (χ4v) is 2.23. The van der Waals surface area contributed by atoms with Crippen LogP contribution in [-0.4, -0.2) is 21.6 Å². The molecule has 1 heterocycles. The third-order valence-electron chi connectivity index (χ3n) is 2.38. The third kappa shape index (κ3) is 4.20. The second-order valence-corrected chi connectivity index (χ2v) is 5.04. The quantitative estimate of drug-likeness (QED) is 0.653. The number of thioether (sulfide) groups is 1. The van der Waals surface area contributed by atoms with Gasteiger partial charge in [0.2, 0.25) is 5.91 Å². The first-order valence-electron chi connectivity index (χ1n) is 5.89. The molecule has 0 atom stereocenters. The monoisotopic (exact) mass is 292 g/mol. The Morgan fingerprint density at radius 3 is 3.00 bits per heavy atom. The van der Waals surface area contributed by atoms with Crippen molar-refractivity contribution >= 4 is 29.0 Å². The van der Waals surface area contributed by atoms with Gasteiger partial charge in [0.25, 0.3) is 0 Å².